The van der Waals surface area contributed by atoms with Gasteiger partial charge in [0.05, 0.1) is 6.61 Å². The lowest BCUT2D eigenvalue weighted by Gasteiger charge is -2.24. The minimum atomic E-state index is -0.989. The Balaban J connectivity index is 2.57. The molecule has 0 amide bonds. The molecule has 3 heteroatoms. The number of ether oxygens (including phenoxy) is 2. The highest BCUT2D eigenvalue weighted by molar-refractivity contribution is 5.79. The summed E-state index contributed by atoms with van der Waals surface area (Å²) in [4.78, 5) is 12.0. The van der Waals surface area contributed by atoms with E-state index in [1.807, 2.05) is 31.2 Å². The molecule has 0 unspecified atom stereocenters. The van der Waals surface area contributed by atoms with E-state index in [1.54, 1.807) is 13.8 Å². The van der Waals surface area contributed by atoms with Gasteiger partial charge in [0.25, 0.3) is 0 Å². The molecular formula is C18H26O3. The first kappa shape index (κ1) is 17.3. The molecule has 0 heterocycles. The van der Waals surface area contributed by atoms with E-state index in [4.69, 9.17) is 9.47 Å². The second kappa shape index (κ2) is 7.87. The Morgan fingerprint density at radius 3 is 2.33 bits per heavy atom. The summed E-state index contributed by atoms with van der Waals surface area (Å²) in [7, 11) is 0. The van der Waals surface area contributed by atoms with Crippen molar-refractivity contribution in [1.82, 2.24) is 0 Å². The summed E-state index contributed by atoms with van der Waals surface area (Å²) in [6.45, 7) is 11.9. The highest BCUT2D eigenvalue weighted by Gasteiger charge is 2.31. The van der Waals surface area contributed by atoms with Gasteiger partial charge in [0.1, 0.15) is 5.75 Å². The number of benzene rings is 1. The van der Waals surface area contributed by atoms with Crippen molar-refractivity contribution in [2.24, 2.45) is 0 Å². The smallest absolute Gasteiger partial charge is 0.349 e. The van der Waals surface area contributed by atoms with E-state index in [2.05, 4.69) is 13.5 Å². The average molecular weight is 290 g/mol. The number of rotatable bonds is 8. The van der Waals surface area contributed by atoms with Gasteiger partial charge in [-0.2, -0.15) is 0 Å². The number of carbonyl (C=O) groups excluding carboxylic acids is 1. The zero-order valence-corrected chi connectivity index (χ0v) is 13.6. The van der Waals surface area contributed by atoms with E-state index in [9.17, 15) is 4.79 Å². The van der Waals surface area contributed by atoms with Crippen LogP contribution in [0.2, 0.25) is 0 Å². The van der Waals surface area contributed by atoms with E-state index in [1.165, 1.54) is 0 Å². The van der Waals surface area contributed by atoms with Crippen LogP contribution >= 0.6 is 0 Å². The molecule has 0 spiro atoms. The lowest BCUT2D eigenvalue weighted by atomic mass is 10.1. The van der Waals surface area contributed by atoms with Crippen LogP contribution < -0.4 is 4.74 Å². The van der Waals surface area contributed by atoms with Gasteiger partial charge in [-0.1, -0.05) is 44.1 Å². The van der Waals surface area contributed by atoms with Crippen molar-refractivity contribution >= 4 is 11.5 Å². The molecule has 3 nitrogen and oxygen atoms in total. The molecule has 1 rings (SSSR count). The summed E-state index contributed by atoms with van der Waals surface area (Å²) in [5, 5.41) is 0. The molecule has 1 aromatic rings. The maximum Gasteiger partial charge on any atom is 0.349 e. The van der Waals surface area contributed by atoms with Crippen molar-refractivity contribution in [1.29, 1.82) is 0 Å². The summed E-state index contributed by atoms with van der Waals surface area (Å²) in [5.41, 5.74) is 1.06. The lowest BCUT2D eigenvalue weighted by Crippen LogP contribution is -2.39. The molecule has 0 atom stereocenters. The Kier molecular flexibility index (Phi) is 6.47. The fraction of sp³-hybridized carbons (Fsp3) is 0.500. The summed E-state index contributed by atoms with van der Waals surface area (Å²) >= 11 is 0. The second-order valence-corrected chi connectivity index (χ2v) is 5.76. The van der Waals surface area contributed by atoms with E-state index in [0.717, 1.165) is 30.4 Å². The van der Waals surface area contributed by atoms with Crippen molar-refractivity contribution in [3.8, 4) is 5.75 Å². The third-order valence-electron chi connectivity index (χ3n) is 3.19. The number of hydrogen-bond donors (Lipinski definition) is 0. The van der Waals surface area contributed by atoms with Gasteiger partial charge in [0.15, 0.2) is 5.60 Å². The lowest BCUT2D eigenvalue weighted by molar-refractivity contribution is -0.159. The monoisotopic (exact) mass is 290 g/mol. The van der Waals surface area contributed by atoms with Crippen LogP contribution in [0.4, 0.5) is 0 Å². The first-order valence-corrected chi connectivity index (χ1v) is 7.49. The van der Waals surface area contributed by atoms with Gasteiger partial charge >= 0.3 is 5.97 Å². The number of unbranched alkanes of at least 4 members (excludes halogenated alkanes) is 2. The van der Waals surface area contributed by atoms with E-state index in [0.29, 0.717) is 12.4 Å². The normalized spacial score (nSPS) is 11.0. The predicted molar refractivity (Wildman–Crippen MR) is 86.3 cm³/mol. The quantitative estimate of drug-likeness (QED) is 0.518. The van der Waals surface area contributed by atoms with Crippen LogP contribution in [0.15, 0.2) is 30.8 Å². The summed E-state index contributed by atoms with van der Waals surface area (Å²) < 4.78 is 11.0. The van der Waals surface area contributed by atoms with Gasteiger partial charge in [-0.25, -0.2) is 4.79 Å². The van der Waals surface area contributed by atoms with Gasteiger partial charge in [-0.05, 0) is 44.9 Å². The molecule has 116 valence electrons. The van der Waals surface area contributed by atoms with Gasteiger partial charge in [0, 0.05) is 0 Å². The van der Waals surface area contributed by atoms with Crippen LogP contribution in [-0.2, 0) is 9.53 Å². The zero-order valence-electron chi connectivity index (χ0n) is 13.6. The van der Waals surface area contributed by atoms with Crippen LogP contribution in [-0.4, -0.2) is 18.2 Å². The third-order valence-corrected chi connectivity index (χ3v) is 3.19. The standard InChI is InChI=1S/C18H26O3/c1-6-7-8-13-20-17(19)18(4,5)21-16-11-9-15(10-12-16)14(2)3/h9-12H,2,6-8,13H2,1,3-5H3. The molecule has 21 heavy (non-hydrogen) atoms. The number of hydrogen-bond acceptors (Lipinski definition) is 3. The Bertz CT molecular complexity index is 472. The molecule has 0 aromatic heterocycles. The molecule has 0 aliphatic heterocycles. The molecule has 0 N–H and O–H groups in total. The first-order chi connectivity index (χ1) is 9.86. The summed E-state index contributed by atoms with van der Waals surface area (Å²) in [6, 6.07) is 7.55. The molecule has 0 radical (unpaired) electrons. The minimum absolute atomic E-state index is 0.331. The fourth-order valence-corrected chi connectivity index (χ4v) is 1.83. The Labute approximate surface area is 128 Å². The number of carbonyl (C=O) groups is 1. The maximum absolute atomic E-state index is 12.0. The molecule has 1 aromatic carbocycles. The Morgan fingerprint density at radius 1 is 1.19 bits per heavy atom. The highest BCUT2D eigenvalue weighted by Crippen LogP contribution is 2.22. The van der Waals surface area contributed by atoms with Crippen molar-refractivity contribution in [2.75, 3.05) is 6.61 Å². The van der Waals surface area contributed by atoms with E-state index >= 15 is 0 Å². The minimum Gasteiger partial charge on any atom is -0.476 e. The van der Waals surface area contributed by atoms with Crippen molar-refractivity contribution in [3.63, 3.8) is 0 Å². The number of esters is 1. The molecular weight excluding hydrogens is 264 g/mol. The molecule has 0 aliphatic carbocycles. The van der Waals surface area contributed by atoms with Gasteiger partial charge in [-0.15, -0.1) is 0 Å². The average Bonchev–Trinajstić information content (AvgIpc) is 2.43. The van der Waals surface area contributed by atoms with Crippen LogP contribution in [0.1, 0.15) is 52.5 Å². The molecule has 0 fully saturated rings. The summed E-state index contributed by atoms with van der Waals surface area (Å²) in [5.74, 6) is 0.318. The molecule has 0 aliphatic rings. The second-order valence-electron chi connectivity index (χ2n) is 5.76. The predicted octanol–water partition coefficient (Wildman–Crippen LogP) is 4.61. The van der Waals surface area contributed by atoms with Gasteiger partial charge < -0.3 is 9.47 Å². The third kappa shape index (κ3) is 5.62. The Morgan fingerprint density at radius 2 is 1.81 bits per heavy atom. The fourth-order valence-electron chi connectivity index (χ4n) is 1.83. The topological polar surface area (TPSA) is 35.5 Å². The van der Waals surface area contributed by atoms with E-state index in [-0.39, 0.29) is 5.97 Å². The first-order valence-electron chi connectivity index (χ1n) is 7.49. The van der Waals surface area contributed by atoms with Crippen LogP contribution in [0, 0.1) is 0 Å². The van der Waals surface area contributed by atoms with Gasteiger partial charge in [0.2, 0.25) is 0 Å². The van der Waals surface area contributed by atoms with Crippen LogP contribution in [0.25, 0.3) is 5.57 Å². The number of allylic oxidation sites excluding steroid dienone is 1. The van der Waals surface area contributed by atoms with Crippen LogP contribution in [0.5, 0.6) is 5.75 Å². The molecule has 0 saturated carbocycles. The molecule has 0 saturated heterocycles. The largest absolute Gasteiger partial charge is 0.476 e. The van der Waals surface area contributed by atoms with Crippen LogP contribution in [0.3, 0.4) is 0 Å². The maximum atomic E-state index is 12.0. The van der Waals surface area contributed by atoms with Gasteiger partial charge in [-0.3, -0.25) is 0 Å². The zero-order chi connectivity index (χ0) is 15.9. The Hall–Kier alpha value is -1.77. The van der Waals surface area contributed by atoms with E-state index < -0.39 is 5.60 Å². The summed E-state index contributed by atoms with van der Waals surface area (Å²) in [6.07, 6.45) is 3.06. The van der Waals surface area contributed by atoms with Crippen molar-refractivity contribution in [3.05, 3.63) is 36.4 Å². The van der Waals surface area contributed by atoms with Crippen molar-refractivity contribution in [2.45, 2.75) is 52.6 Å². The SMILES string of the molecule is C=C(C)c1ccc(OC(C)(C)C(=O)OCCCCC)cc1. The highest BCUT2D eigenvalue weighted by atomic mass is 16.6. The van der Waals surface area contributed by atoms with Crippen molar-refractivity contribution < 1.29 is 14.3 Å². The molecule has 0 bridgehead atoms.